The molecule has 1 heterocycles. The van der Waals surface area contributed by atoms with Gasteiger partial charge >= 0.3 is 5.97 Å². The van der Waals surface area contributed by atoms with Crippen LogP contribution in [0.4, 0.5) is 5.95 Å². The minimum absolute atomic E-state index is 0.138. The number of ether oxygens (including phenoxy) is 1. The number of aromatic nitrogens is 4. The average molecular weight is 212 g/mol. The fourth-order valence-electron chi connectivity index (χ4n) is 0.815. The molecule has 0 radical (unpaired) electrons. The van der Waals surface area contributed by atoms with E-state index in [-0.39, 0.29) is 18.3 Å². The quantitative estimate of drug-likeness (QED) is 0.402. The van der Waals surface area contributed by atoms with Crippen LogP contribution in [0.3, 0.4) is 0 Å². The van der Waals surface area contributed by atoms with E-state index in [4.69, 9.17) is 4.74 Å². The molecule has 0 aliphatic heterocycles. The summed E-state index contributed by atoms with van der Waals surface area (Å²) in [6, 6.07) is 0. The minimum atomic E-state index is -0.311. The highest BCUT2D eigenvalue weighted by atomic mass is 16.5. The number of tetrazole rings is 1. The zero-order valence-corrected chi connectivity index (χ0v) is 8.52. The number of hydrazone groups is 1. The van der Waals surface area contributed by atoms with Gasteiger partial charge in [0.2, 0.25) is 0 Å². The van der Waals surface area contributed by atoms with Crippen LogP contribution >= 0.6 is 0 Å². The first-order valence-electron chi connectivity index (χ1n) is 4.40. The molecule has 15 heavy (non-hydrogen) atoms. The van der Waals surface area contributed by atoms with Crippen LogP contribution in [0, 0.1) is 0 Å². The molecule has 82 valence electrons. The molecule has 0 bridgehead atoms. The summed E-state index contributed by atoms with van der Waals surface area (Å²) < 4.78 is 4.75. The van der Waals surface area contributed by atoms with E-state index >= 15 is 0 Å². The van der Waals surface area contributed by atoms with Crippen LogP contribution in [0.2, 0.25) is 0 Å². The number of anilines is 1. The van der Waals surface area contributed by atoms with Gasteiger partial charge in [0.1, 0.15) is 0 Å². The van der Waals surface area contributed by atoms with Gasteiger partial charge in [0, 0.05) is 5.71 Å². The first-order valence-corrected chi connectivity index (χ1v) is 4.40. The highest BCUT2D eigenvalue weighted by molar-refractivity contribution is 5.97. The fourth-order valence-corrected chi connectivity index (χ4v) is 0.815. The van der Waals surface area contributed by atoms with Crippen molar-refractivity contribution >= 4 is 17.6 Å². The van der Waals surface area contributed by atoms with Gasteiger partial charge < -0.3 is 4.74 Å². The van der Waals surface area contributed by atoms with Gasteiger partial charge in [-0.1, -0.05) is 5.10 Å². The Hall–Kier alpha value is -1.99. The lowest BCUT2D eigenvalue weighted by Gasteiger charge is -2.00. The Labute approximate surface area is 86.1 Å². The van der Waals surface area contributed by atoms with Gasteiger partial charge in [-0.05, 0) is 19.1 Å². The summed E-state index contributed by atoms with van der Waals surface area (Å²) in [6.45, 7) is 3.82. The molecule has 0 unspecified atom stereocenters. The van der Waals surface area contributed by atoms with Gasteiger partial charge in [-0.25, -0.2) is 5.43 Å². The molecule has 0 saturated carbocycles. The van der Waals surface area contributed by atoms with Crippen molar-refractivity contribution in [2.45, 2.75) is 20.3 Å². The number of rotatable bonds is 5. The number of hydrogen-bond acceptors (Lipinski definition) is 7. The van der Waals surface area contributed by atoms with Crippen molar-refractivity contribution < 1.29 is 9.53 Å². The third kappa shape index (κ3) is 4.16. The summed E-state index contributed by atoms with van der Waals surface area (Å²) in [5.41, 5.74) is 3.12. The first-order chi connectivity index (χ1) is 7.22. The molecular formula is C7H12N6O2. The van der Waals surface area contributed by atoms with Crippen molar-refractivity contribution in [2.75, 3.05) is 12.0 Å². The van der Waals surface area contributed by atoms with E-state index in [1.807, 2.05) is 0 Å². The maximum atomic E-state index is 11.0. The van der Waals surface area contributed by atoms with Crippen molar-refractivity contribution in [1.82, 2.24) is 20.6 Å². The lowest BCUT2D eigenvalue weighted by Crippen LogP contribution is -2.10. The standard InChI is InChI=1S/C7H12N6O2/c1-3-15-6(14)4-5(2)8-9-7-10-12-13-11-7/h3-4H2,1-2H3,(H2,9,10,11,12,13)/b8-5-. The second-order valence-electron chi connectivity index (χ2n) is 2.68. The van der Waals surface area contributed by atoms with E-state index < -0.39 is 0 Å². The zero-order chi connectivity index (χ0) is 11.1. The number of aromatic amines is 1. The summed E-state index contributed by atoms with van der Waals surface area (Å²) in [5, 5.41) is 16.7. The minimum Gasteiger partial charge on any atom is -0.466 e. The van der Waals surface area contributed by atoms with Crippen LogP contribution in [-0.4, -0.2) is 38.9 Å². The SMILES string of the molecule is CCOC(=O)C/C(C)=N\Nc1nn[nH]n1. The van der Waals surface area contributed by atoms with Crippen molar-refractivity contribution in [3.63, 3.8) is 0 Å². The van der Waals surface area contributed by atoms with Crippen molar-refractivity contribution in [3.8, 4) is 0 Å². The Balaban J connectivity index is 2.36. The topological polar surface area (TPSA) is 105 Å². The van der Waals surface area contributed by atoms with E-state index in [0.717, 1.165) is 0 Å². The predicted octanol–water partition coefficient (Wildman–Crippen LogP) is -0.0593. The summed E-state index contributed by atoms with van der Waals surface area (Å²) in [4.78, 5) is 11.0. The third-order valence-electron chi connectivity index (χ3n) is 1.40. The predicted molar refractivity (Wildman–Crippen MR) is 52.2 cm³/mol. The van der Waals surface area contributed by atoms with Gasteiger partial charge in [-0.3, -0.25) is 4.79 Å². The number of carbonyl (C=O) groups is 1. The largest absolute Gasteiger partial charge is 0.466 e. The maximum Gasteiger partial charge on any atom is 0.311 e. The van der Waals surface area contributed by atoms with E-state index in [1.165, 1.54) is 0 Å². The second kappa shape index (κ2) is 5.68. The Kier molecular flexibility index (Phi) is 4.20. The molecular weight excluding hydrogens is 200 g/mol. The molecule has 8 nitrogen and oxygen atoms in total. The molecule has 1 aromatic heterocycles. The van der Waals surface area contributed by atoms with Gasteiger partial charge in [0.05, 0.1) is 13.0 Å². The Bertz CT molecular complexity index is 333. The highest BCUT2D eigenvalue weighted by Gasteiger charge is 2.04. The fraction of sp³-hybridized carbons (Fsp3) is 0.571. The van der Waals surface area contributed by atoms with E-state index in [0.29, 0.717) is 12.3 Å². The van der Waals surface area contributed by atoms with Gasteiger partial charge in [-0.15, -0.1) is 5.10 Å². The first kappa shape index (κ1) is 11.1. The van der Waals surface area contributed by atoms with E-state index in [2.05, 4.69) is 31.2 Å². The molecule has 0 aliphatic rings. The average Bonchev–Trinajstić information content (AvgIpc) is 2.67. The van der Waals surface area contributed by atoms with Crippen molar-refractivity contribution in [1.29, 1.82) is 0 Å². The van der Waals surface area contributed by atoms with Crippen molar-refractivity contribution in [3.05, 3.63) is 0 Å². The van der Waals surface area contributed by atoms with Gasteiger partial charge in [-0.2, -0.15) is 10.3 Å². The number of hydrogen-bond donors (Lipinski definition) is 2. The molecule has 0 fully saturated rings. The smallest absolute Gasteiger partial charge is 0.311 e. The van der Waals surface area contributed by atoms with Crippen LogP contribution < -0.4 is 5.43 Å². The second-order valence-corrected chi connectivity index (χ2v) is 2.68. The number of esters is 1. The summed E-state index contributed by atoms with van der Waals surface area (Å²) in [5.74, 6) is -0.0631. The van der Waals surface area contributed by atoms with Crippen LogP contribution in [0.1, 0.15) is 20.3 Å². The van der Waals surface area contributed by atoms with Crippen LogP contribution in [0.25, 0.3) is 0 Å². The van der Waals surface area contributed by atoms with Crippen LogP contribution in [-0.2, 0) is 9.53 Å². The van der Waals surface area contributed by atoms with Crippen LogP contribution in [0.5, 0.6) is 0 Å². The summed E-state index contributed by atoms with van der Waals surface area (Å²) in [6.07, 6.45) is 0.138. The van der Waals surface area contributed by atoms with E-state index in [1.54, 1.807) is 13.8 Å². The molecule has 1 rings (SSSR count). The third-order valence-corrected chi connectivity index (χ3v) is 1.40. The van der Waals surface area contributed by atoms with E-state index in [9.17, 15) is 4.79 Å². The van der Waals surface area contributed by atoms with Gasteiger partial charge in [0.15, 0.2) is 0 Å². The molecule has 8 heteroatoms. The lowest BCUT2D eigenvalue weighted by atomic mass is 10.3. The normalized spacial score (nSPS) is 11.2. The van der Waals surface area contributed by atoms with Crippen LogP contribution in [0.15, 0.2) is 5.10 Å². The molecule has 0 atom stereocenters. The molecule has 0 aliphatic carbocycles. The number of nitrogens with zero attached hydrogens (tertiary/aromatic N) is 4. The Morgan fingerprint density at radius 1 is 1.67 bits per heavy atom. The zero-order valence-electron chi connectivity index (χ0n) is 8.52. The molecule has 0 spiro atoms. The summed E-state index contributed by atoms with van der Waals surface area (Å²) >= 11 is 0. The number of H-pyrrole nitrogens is 1. The Morgan fingerprint density at radius 2 is 2.47 bits per heavy atom. The highest BCUT2D eigenvalue weighted by Crippen LogP contribution is 1.94. The monoisotopic (exact) mass is 212 g/mol. The Morgan fingerprint density at radius 3 is 3.07 bits per heavy atom. The molecule has 2 N–H and O–H groups in total. The molecule has 0 amide bonds. The number of carbonyl (C=O) groups excluding carboxylic acids is 1. The van der Waals surface area contributed by atoms with Crippen molar-refractivity contribution in [2.24, 2.45) is 5.10 Å². The molecule has 1 aromatic rings. The maximum absolute atomic E-state index is 11.0. The summed E-state index contributed by atoms with van der Waals surface area (Å²) in [7, 11) is 0. The molecule has 0 aromatic carbocycles. The van der Waals surface area contributed by atoms with Gasteiger partial charge in [0.25, 0.3) is 5.95 Å². The number of nitrogens with one attached hydrogen (secondary N) is 2. The lowest BCUT2D eigenvalue weighted by molar-refractivity contribution is -0.141. The molecule has 0 saturated heterocycles.